The average Bonchev–Trinajstić information content (AvgIpc) is 3.15. The minimum atomic E-state index is -3.99. The van der Waals surface area contributed by atoms with Gasteiger partial charge in [0.15, 0.2) is 0 Å². The van der Waals surface area contributed by atoms with Crippen molar-refractivity contribution < 1.29 is 16.8 Å². The molecule has 1 aromatic carbocycles. The van der Waals surface area contributed by atoms with Crippen LogP contribution in [0.25, 0.3) is 0 Å². The Bertz CT molecular complexity index is 803. The van der Waals surface area contributed by atoms with Crippen LogP contribution in [0.5, 0.6) is 0 Å². The van der Waals surface area contributed by atoms with Crippen molar-refractivity contribution >= 4 is 32.5 Å². The highest BCUT2D eigenvalue weighted by molar-refractivity contribution is 7.92. The van der Waals surface area contributed by atoms with Crippen molar-refractivity contribution in [2.24, 2.45) is 5.73 Å². The highest BCUT2D eigenvalue weighted by Crippen LogP contribution is 2.26. The summed E-state index contributed by atoms with van der Waals surface area (Å²) >= 11 is 0. The maximum Gasteiger partial charge on any atom is 0.244 e. The molecule has 10 heteroatoms. The lowest BCUT2D eigenvalue weighted by Crippen LogP contribution is -2.49. The Kier molecular flexibility index (Phi) is 8.06. The second-order valence-electron chi connectivity index (χ2n) is 6.45. The number of benzene rings is 1. The summed E-state index contributed by atoms with van der Waals surface area (Å²) in [6.07, 6.45) is 2.80. The van der Waals surface area contributed by atoms with Gasteiger partial charge in [0, 0.05) is 25.2 Å². The van der Waals surface area contributed by atoms with E-state index in [2.05, 4.69) is 4.72 Å². The van der Waals surface area contributed by atoms with E-state index in [1.54, 1.807) is 0 Å². The molecule has 1 fully saturated rings. The number of hydrogen-bond donors (Lipinski definition) is 2. The second-order valence-corrected chi connectivity index (χ2v) is 10.1. The molecule has 0 aromatic heterocycles. The number of rotatable bonds is 8. The van der Waals surface area contributed by atoms with Crippen molar-refractivity contribution in [1.82, 2.24) is 9.03 Å². The average molecular weight is 426 g/mol. The van der Waals surface area contributed by atoms with Crippen molar-refractivity contribution in [3.8, 4) is 0 Å². The fourth-order valence-electron chi connectivity index (χ4n) is 2.77. The van der Waals surface area contributed by atoms with Gasteiger partial charge >= 0.3 is 0 Å². The predicted molar refractivity (Wildman–Crippen MR) is 104 cm³/mol. The van der Waals surface area contributed by atoms with Gasteiger partial charge in [-0.3, -0.25) is 0 Å². The summed E-state index contributed by atoms with van der Waals surface area (Å²) in [7, 11) is -7.83. The highest BCUT2D eigenvalue weighted by atomic mass is 35.5. The van der Waals surface area contributed by atoms with Gasteiger partial charge in [-0.05, 0) is 37.8 Å². The quantitative estimate of drug-likeness (QED) is 0.658. The van der Waals surface area contributed by atoms with E-state index in [9.17, 15) is 16.8 Å². The van der Waals surface area contributed by atoms with Crippen LogP contribution in [0.3, 0.4) is 0 Å². The zero-order chi connectivity index (χ0) is 18.7. The molecule has 0 amide bonds. The summed E-state index contributed by atoms with van der Waals surface area (Å²) in [6, 6.07) is 5.72. The maximum absolute atomic E-state index is 12.8. The van der Waals surface area contributed by atoms with Crippen LogP contribution in [-0.2, 0) is 20.0 Å². The van der Waals surface area contributed by atoms with E-state index in [0.717, 1.165) is 12.8 Å². The van der Waals surface area contributed by atoms with Crippen molar-refractivity contribution in [2.75, 3.05) is 19.6 Å². The molecule has 1 aliphatic heterocycles. The van der Waals surface area contributed by atoms with E-state index >= 15 is 0 Å². The lowest BCUT2D eigenvalue weighted by molar-refractivity contribution is 0.391. The summed E-state index contributed by atoms with van der Waals surface area (Å²) in [6.45, 7) is 4.68. The van der Waals surface area contributed by atoms with E-state index in [1.165, 1.54) is 28.6 Å². The first-order valence-electron chi connectivity index (χ1n) is 8.54. The van der Waals surface area contributed by atoms with Crippen LogP contribution in [0.4, 0.5) is 0 Å². The van der Waals surface area contributed by atoms with Crippen molar-refractivity contribution in [1.29, 1.82) is 0 Å². The molecule has 2 rings (SSSR count). The molecule has 0 radical (unpaired) electrons. The molecule has 0 atom stereocenters. The smallest absolute Gasteiger partial charge is 0.244 e. The standard InChI is InChI=1S/C16H27N3O4S2.ClH/c1-3-16(17,4-2)13-18-24(20,21)14-9-5-6-10-15(14)25(22,23)19-11-7-8-12-19;/h5-6,9-10,18H,3-4,7-8,11-13,17H2,1-2H3;1H. The van der Waals surface area contributed by atoms with Crippen molar-refractivity contribution in [2.45, 2.75) is 54.9 Å². The van der Waals surface area contributed by atoms with E-state index in [4.69, 9.17) is 5.73 Å². The third-order valence-electron chi connectivity index (χ3n) is 4.84. The molecule has 1 saturated heterocycles. The summed E-state index contributed by atoms with van der Waals surface area (Å²) in [5.41, 5.74) is 5.49. The molecule has 0 saturated carbocycles. The SMILES string of the molecule is CCC(N)(CC)CNS(=O)(=O)c1ccccc1S(=O)(=O)N1CCCC1.Cl. The van der Waals surface area contributed by atoms with E-state index in [1.807, 2.05) is 13.8 Å². The summed E-state index contributed by atoms with van der Waals surface area (Å²) in [4.78, 5) is -0.406. The Morgan fingerprint density at radius 1 is 1.04 bits per heavy atom. The van der Waals surface area contributed by atoms with Crippen LogP contribution < -0.4 is 10.5 Å². The Morgan fingerprint density at radius 2 is 1.54 bits per heavy atom. The molecule has 26 heavy (non-hydrogen) atoms. The van der Waals surface area contributed by atoms with Gasteiger partial charge in [-0.25, -0.2) is 21.6 Å². The molecule has 3 N–H and O–H groups in total. The third-order valence-corrected chi connectivity index (χ3v) is 8.39. The minimum Gasteiger partial charge on any atom is -0.324 e. The van der Waals surface area contributed by atoms with Crippen LogP contribution in [-0.4, -0.2) is 46.3 Å². The van der Waals surface area contributed by atoms with Gasteiger partial charge in [0.2, 0.25) is 20.0 Å². The Hall–Kier alpha value is -0.710. The van der Waals surface area contributed by atoms with Crippen LogP contribution in [0, 0.1) is 0 Å². The van der Waals surface area contributed by atoms with Crippen LogP contribution in [0.1, 0.15) is 39.5 Å². The topological polar surface area (TPSA) is 110 Å². The van der Waals surface area contributed by atoms with Gasteiger partial charge in [-0.1, -0.05) is 26.0 Å². The number of nitrogens with zero attached hydrogens (tertiary/aromatic N) is 1. The van der Waals surface area contributed by atoms with E-state index in [0.29, 0.717) is 25.9 Å². The Balaban J connectivity index is 0.00000338. The van der Waals surface area contributed by atoms with Crippen molar-refractivity contribution in [3.05, 3.63) is 24.3 Å². The number of hydrogen-bond acceptors (Lipinski definition) is 5. The monoisotopic (exact) mass is 425 g/mol. The first-order chi connectivity index (χ1) is 11.7. The molecular formula is C16H28ClN3O4S2. The predicted octanol–water partition coefficient (Wildman–Crippen LogP) is 1.69. The number of nitrogens with two attached hydrogens (primary N) is 1. The van der Waals surface area contributed by atoms with E-state index < -0.39 is 25.6 Å². The molecule has 0 bridgehead atoms. The van der Waals surface area contributed by atoms with Gasteiger partial charge < -0.3 is 5.73 Å². The zero-order valence-corrected chi connectivity index (χ0v) is 17.6. The van der Waals surface area contributed by atoms with Gasteiger partial charge in [0.25, 0.3) is 0 Å². The van der Waals surface area contributed by atoms with Gasteiger partial charge in [-0.2, -0.15) is 4.31 Å². The van der Waals surface area contributed by atoms with Gasteiger partial charge in [0.05, 0.1) is 0 Å². The van der Waals surface area contributed by atoms with E-state index in [-0.39, 0.29) is 28.7 Å². The lowest BCUT2D eigenvalue weighted by atomic mass is 9.95. The molecule has 1 heterocycles. The largest absolute Gasteiger partial charge is 0.324 e. The number of sulfonamides is 2. The van der Waals surface area contributed by atoms with Gasteiger partial charge in [-0.15, -0.1) is 12.4 Å². The summed E-state index contributed by atoms with van der Waals surface area (Å²) < 4.78 is 55.0. The minimum absolute atomic E-state index is 0. The molecule has 0 spiro atoms. The Morgan fingerprint density at radius 3 is 2.04 bits per heavy atom. The number of nitrogens with one attached hydrogen (secondary N) is 1. The molecule has 0 aliphatic carbocycles. The summed E-state index contributed by atoms with van der Waals surface area (Å²) in [5.74, 6) is 0. The van der Waals surface area contributed by atoms with Crippen molar-refractivity contribution in [3.63, 3.8) is 0 Å². The normalized spacial score (nSPS) is 16.4. The lowest BCUT2D eigenvalue weighted by Gasteiger charge is -2.27. The molecule has 1 aliphatic rings. The van der Waals surface area contributed by atoms with Crippen LogP contribution in [0.15, 0.2) is 34.1 Å². The summed E-state index contributed by atoms with van der Waals surface area (Å²) in [5, 5.41) is 0. The fraction of sp³-hybridized carbons (Fsp3) is 0.625. The first-order valence-corrected chi connectivity index (χ1v) is 11.5. The molecule has 7 nitrogen and oxygen atoms in total. The molecule has 0 unspecified atom stereocenters. The number of halogens is 1. The maximum atomic E-state index is 12.8. The van der Waals surface area contributed by atoms with Gasteiger partial charge in [0.1, 0.15) is 9.79 Å². The zero-order valence-electron chi connectivity index (χ0n) is 15.1. The third kappa shape index (κ3) is 4.96. The fourth-order valence-corrected chi connectivity index (χ4v) is 6.23. The second kappa shape index (κ2) is 8.99. The Labute approximate surface area is 162 Å². The van der Waals surface area contributed by atoms with Crippen LogP contribution in [0.2, 0.25) is 0 Å². The molecule has 1 aromatic rings. The molecule has 150 valence electrons. The highest BCUT2D eigenvalue weighted by Gasteiger charge is 2.33. The van der Waals surface area contributed by atoms with Crippen LogP contribution >= 0.6 is 12.4 Å². The first kappa shape index (κ1) is 23.3. The molecular weight excluding hydrogens is 398 g/mol.